The minimum Gasteiger partial charge on any atom is -0.495 e. The van der Waals surface area contributed by atoms with Crippen LogP contribution in [0.3, 0.4) is 0 Å². The zero-order valence-electron chi connectivity index (χ0n) is 9.37. The molecular weight excluding hydrogens is 254 g/mol. The van der Waals surface area contributed by atoms with Crippen molar-refractivity contribution in [1.82, 2.24) is 4.98 Å². The summed E-state index contributed by atoms with van der Waals surface area (Å²) in [6.07, 6.45) is 8.32. The van der Waals surface area contributed by atoms with Gasteiger partial charge in [0.15, 0.2) is 0 Å². The number of methoxy groups -OCH3 is 1. The Labute approximate surface area is 100 Å². The van der Waals surface area contributed by atoms with E-state index >= 15 is 0 Å². The molecule has 0 saturated carbocycles. The molecule has 0 aliphatic carbocycles. The van der Waals surface area contributed by atoms with Crippen molar-refractivity contribution in [3.8, 4) is 5.75 Å². The number of rotatable bonds is 6. The Bertz CT molecular complexity index is 291. The second-order valence-electron chi connectivity index (χ2n) is 3.66. The number of aryl methyl sites for hydroxylation is 1. The summed E-state index contributed by atoms with van der Waals surface area (Å²) in [6.45, 7) is 2.21. The van der Waals surface area contributed by atoms with Gasteiger partial charge in [0.05, 0.1) is 13.3 Å². The van der Waals surface area contributed by atoms with Gasteiger partial charge in [-0.05, 0) is 30.9 Å². The largest absolute Gasteiger partial charge is 0.495 e. The van der Waals surface area contributed by atoms with Crippen molar-refractivity contribution in [2.45, 2.75) is 37.4 Å². The third-order valence-electron chi connectivity index (χ3n) is 2.35. The fourth-order valence-electron chi connectivity index (χ4n) is 1.49. The monoisotopic (exact) mass is 271 g/mol. The molecule has 0 aliphatic heterocycles. The second-order valence-corrected chi connectivity index (χ2v) is 4.95. The number of aromatic nitrogens is 1. The summed E-state index contributed by atoms with van der Waals surface area (Å²) in [5.41, 5.74) is 1.25. The van der Waals surface area contributed by atoms with Gasteiger partial charge in [0, 0.05) is 11.0 Å². The first-order valence-electron chi connectivity index (χ1n) is 5.38. The molecule has 3 heteroatoms. The highest BCUT2D eigenvalue weighted by Gasteiger charge is 2.04. The van der Waals surface area contributed by atoms with Crippen molar-refractivity contribution in [2.75, 3.05) is 7.11 Å². The van der Waals surface area contributed by atoms with E-state index in [1.807, 2.05) is 6.20 Å². The predicted molar refractivity (Wildman–Crippen MR) is 66.7 cm³/mol. The summed E-state index contributed by atoms with van der Waals surface area (Å²) >= 11 is 3.68. The molecule has 0 spiro atoms. The molecular formula is C12H18BrNO. The average Bonchev–Trinajstić information content (AvgIpc) is 2.27. The van der Waals surface area contributed by atoms with Crippen LogP contribution in [0.2, 0.25) is 0 Å². The summed E-state index contributed by atoms with van der Waals surface area (Å²) in [6, 6.07) is 2.05. The third-order valence-corrected chi connectivity index (χ3v) is 3.27. The highest BCUT2D eigenvalue weighted by molar-refractivity contribution is 9.09. The molecule has 0 saturated heterocycles. The van der Waals surface area contributed by atoms with Gasteiger partial charge in [-0.15, -0.1) is 0 Å². The number of ether oxygens (including phenoxy) is 1. The van der Waals surface area contributed by atoms with Crippen LogP contribution in [0.1, 0.15) is 31.7 Å². The van der Waals surface area contributed by atoms with Crippen molar-refractivity contribution in [1.29, 1.82) is 0 Å². The van der Waals surface area contributed by atoms with E-state index in [0.29, 0.717) is 4.83 Å². The average molecular weight is 272 g/mol. The first kappa shape index (κ1) is 12.5. The molecule has 1 heterocycles. The second kappa shape index (κ2) is 6.83. The number of hydrogen-bond acceptors (Lipinski definition) is 2. The topological polar surface area (TPSA) is 22.1 Å². The molecule has 0 aliphatic rings. The van der Waals surface area contributed by atoms with Gasteiger partial charge in [0.1, 0.15) is 5.75 Å². The molecule has 1 atom stereocenters. The fourth-order valence-corrected chi connectivity index (χ4v) is 2.18. The summed E-state index contributed by atoms with van der Waals surface area (Å²) in [4.78, 5) is 4.76. The normalized spacial score (nSPS) is 12.5. The van der Waals surface area contributed by atoms with Gasteiger partial charge < -0.3 is 4.74 Å². The lowest BCUT2D eigenvalue weighted by atomic mass is 10.1. The van der Waals surface area contributed by atoms with Gasteiger partial charge in [0.25, 0.3) is 0 Å². The van der Waals surface area contributed by atoms with Crippen LogP contribution in [0.4, 0.5) is 0 Å². The Morgan fingerprint density at radius 2 is 2.20 bits per heavy atom. The van der Waals surface area contributed by atoms with E-state index in [4.69, 9.17) is 4.74 Å². The van der Waals surface area contributed by atoms with Crippen molar-refractivity contribution >= 4 is 15.9 Å². The highest BCUT2D eigenvalue weighted by atomic mass is 79.9. The quantitative estimate of drug-likeness (QED) is 0.738. The molecule has 15 heavy (non-hydrogen) atoms. The third kappa shape index (κ3) is 4.65. The minimum atomic E-state index is 0.619. The van der Waals surface area contributed by atoms with Crippen LogP contribution in [0.25, 0.3) is 0 Å². The smallest absolute Gasteiger partial charge is 0.137 e. The lowest BCUT2D eigenvalue weighted by Gasteiger charge is -2.08. The van der Waals surface area contributed by atoms with E-state index in [9.17, 15) is 0 Å². The number of hydrogen-bond donors (Lipinski definition) is 0. The standard InChI is InChI=1S/C12H18BrNO/c1-3-4-11(13)6-5-10-7-12(15-2)9-14-8-10/h7-9,11H,3-6H2,1-2H3. The molecule has 0 radical (unpaired) electrons. The van der Waals surface area contributed by atoms with E-state index in [1.165, 1.54) is 18.4 Å². The van der Waals surface area contributed by atoms with Gasteiger partial charge in [-0.3, -0.25) is 4.98 Å². The Balaban J connectivity index is 2.43. The van der Waals surface area contributed by atoms with Gasteiger partial charge >= 0.3 is 0 Å². The van der Waals surface area contributed by atoms with Gasteiger partial charge in [-0.25, -0.2) is 0 Å². The minimum absolute atomic E-state index is 0.619. The fraction of sp³-hybridized carbons (Fsp3) is 0.583. The van der Waals surface area contributed by atoms with Crippen LogP contribution < -0.4 is 4.74 Å². The van der Waals surface area contributed by atoms with Gasteiger partial charge in [-0.1, -0.05) is 29.3 Å². The maximum atomic E-state index is 5.13. The summed E-state index contributed by atoms with van der Waals surface area (Å²) in [5, 5.41) is 0. The van der Waals surface area contributed by atoms with E-state index in [1.54, 1.807) is 13.3 Å². The molecule has 84 valence electrons. The molecule has 0 fully saturated rings. The number of alkyl halides is 1. The maximum absolute atomic E-state index is 5.13. The molecule has 1 rings (SSSR count). The van der Waals surface area contributed by atoms with E-state index in [0.717, 1.165) is 18.6 Å². The summed E-state index contributed by atoms with van der Waals surface area (Å²) in [5.74, 6) is 0.842. The highest BCUT2D eigenvalue weighted by Crippen LogP contribution is 2.17. The van der Waals surface area contributed by atoms with Gasteiger partial charge in [-0.2, -0.15) is 0 Å². The molecule has 0 bridgehead atoms. The van der Waals surface area contributed by atoms with Crippen LogP contribution in [0.15, 0.2) is 18.5 Å². The van der Waals surface area contributed by atoms with Crippen LogP contribution in [-0.2, 0) is 6.42 Å². The van der Waals surface area contributed by atoms with E-state index in [2.05, 4.69) is 33.9 Å². The Morgan fingerprint density at radius 3 is 2.87 bits per heavy atom. The first-order valence-corrected chi connectivity index (χ1v) is 6.29. The van der Waals surface area contributed by atoms with Gasteiger partial charge in [0.2, 0.25) is 0 Å². The van der Waals surface area contributed by atoms with E-state index in [-0.39, 0.29) is 0 Å². The van der Waals surface area contributed by atoms with Crippen molar-refractivity contribution in [3.63, 3.8) is 0 Å². The Morgan fingerprint density at radius 1 is 1.40 bits per heavy atom. The van der Waals surface area contributed by atoms with Crippen LogP contribution in [0.5, 0.6) is 5.75 Å². The Hall–Kier alpha value is -0.570. The molecule has 1 unspecified atom stereocenters. The summed E-state index contributed by atoms with van der Waals surface area (Å²) in [7, 11) is 1.67. The molecule has 0 N–H and O–H groups in total. The van der Waals surface area contributed by atoms with Crippen LogP contribution in [0, 0.1) is 0 Å². The van der Waals surface area contributed by atoms with Crippen LogP contribution in [-0.4, -0.2) is 16.9 Å². The maximum Gasteiger partial charge on any atom is 0.137 e. The van der Waals surface area contributed by atoms with Crippen molar-refractivity contribution in [3.05, 3.63) is 24.0 Å². The lowest BCUT2D eigenvalue weighted by molar-refractivity contribution is 0.412. The van der Waals surface area contributed by atoms with Crippen molar-refractivity contribution in [2.24, 2.45) is 0 Å². The Kier molecular flexibility index (Phi) is 5.69. The van der Waals surface area contributed by atoms with E-state index < -0.39 is 0 Å². The van der Waals surface area contributed by atoms with Crippen molar-refractivity contribution < 1.29 is 4.74 Å². The number of halogens is 1. The SMILES string of the molecule is CCCC(Br)CCc1cncc(OC)c1. The molecule has 1 aromatic heterocycles. The zero-order valence-corrected chi connectivity index (χ0v) is 11.0. The van der Waals surface area contributed by atoms with Crippen LogP contribution >= 0.6 is 15.9 Å². The lowest BCUT2D eigenvalue weighted by Crippen LogP contribution is -2.00. The molecule has 0 amide bonds. The molecule has 2 nitrogen and oxygen atoms in total. The molecule has 0 aromatic carbocycles. The number of nitrogens with zero attached hydrogens (tertiary/aromatic N) is 1. The molecule has 1 aromatic rings. The first-order chi connectivity index (χ1) is 7.26. The summed E-state index contributed by atoms with van der Waals surface area (Å²) < 4.78 is 5.13. The predicted octanol–water partition coefficient (Wildman–Crippen LogP) is 3.59. The zero-order chi connectivity index (χ0) is 11.1. The number of pyridine rings is 1.